The predicted molar refractivity (Wildman–Crippen MR) is 85.5 cm³/mol. The molecule has 1 saturated heterocycles. The fourth-order valence-electron chi connectivity index (χ4n) is 2.60. The molecule has 1 aliphatic heterocycles. The Labute approximate surface area is 132 Å². The monoisotopic (exact) mass is 306 g/mol. The number of piperazine rings is 1. The van der Waals surface area contributed by atoms with Gasteiger partial charge in [0, 0.05) is 39.3 Å². The third kappa shape index (κ3) is 5.09. The van der Waals surface area contributed by atoms with E-state index in [4.69, 9.17) is 4.74 Å². The number of rotatable bonds is 7. The lowest BCUT2D eigenvalue weighted by Crippen LogP contribution is -2.50. The molecule has 5 nitrogen and oxygen atoms in total. The second kappa shape index (κ2) is 8.88. The number of nitrogens with zero attached hydrogens (tertiary/aromatic N) is 2. The minimum Gasteiger partial charge on any atom is -0.387 e. The highest BCUT2D eigenvalue weighted by Gasteiger charge is 2.22. The second-order valence-electron chi connectivity index (χ2n) is 5.66. The van der Waals surface area contributed by atoms with Gasteiger partial charge >= 0.3 is 0 Å². The fraction of sp³-hybridized carbons (Fsp3) is 0.588. The molecule has 5 heteroatoms. The summed E-state index contributed by atoms with van der Waals surface area (Å²) in [7, 11) is 0. The summed E-state index contributed by atoms with van der Waals surface area (Å²) in [6.45, 7) is 6.45. The molecular weight excluding hydrogens is 280 g/mol. The zero-order valence-corrected chi connectivity index (χ0v) is 13.3. The summed E-state index contributed by atoms with van der Waals surface area (Å²) >= 11 is 0. The van der Waals surface area contributed by atoms with Crippen molar-refractivity contribution in [3.05, 3.63) is 35.9 Å². The average molecular weight is 306 g/mol. The SMILES string of the molecule is CCCOCC(=O)N1CCN(C[C@H](O)c2ccccc2)CC1. The molecule has 22 heavy (non-hydrogen) atoms. The normalized spacial score (nSPS) is 17.5. The number of aliphatic hydroxyl groups excluding tert-OH is 1. The number of hydrogen-bond acceptors (Lipinski definition) is 4. The maximum atomic E-state index is 12.0. The van der Waals surface area contributed by atoms with E-state index < -0.39 is 6.10 Å². The smallest absolute Gasteiger partial charge is 0.248 e. The van der Waals surface area contributed by atoms with Crippen molar-refractivity contribution in [1.82, 2.24) is 9.80 Å². The van der Waals surface area contributed by atoms with E-state index in [1.165, 1.54) is 0 Å². The highest BCUT2D eigenvalue weighted by molar-refractivity contribution is 5.77. The van der Waals surface area contributed by atoms with Crippen LogP contribution in [-0.4, -0.2) is 66.8 Å². The van der Waals surface area contributed by atoms with E-state index >= 15 is 0 Å². The van der Waals surface area contributed by atoms with E-state index in [0.717, 1.165) is 25.1 Å². The predicted octanol–water partition coefficient (Wildman–Crippen LogP) is 1.29. The summed E-state index contributed by atoms with van der Waals surface area (Å²) in [5.41, 5.74) is 0.939. The van der Waals surface area contributed by atoms with Gasteiger partial charge in [-0.1, -0.05) is 37.3 Å². The fourth-order valence-corrected chi connectivity index (χ4v) is 2.60. The lowest BCUT2D eigenvalue weighted by atomic mass is 10.1. The molecule has 1 atom stereocenters. The lowest BCUT2D eigenvalue weighted by molar-refractivity contribution is -0.138. The van der Waals surface area contributed by atoms with Crippen molar-refractivity contribution in [1.29, 1.82) is 0 Å². The van der Waals surface area contributed by atoms with Gasteiger partial charge in [0.05, 0.1) is 6.10 Å². The Balaban J connectivity index is 1.72. The van der Waals surface area contributed by atoms with Gasteiger partial charge in [0.1, 0.15) is 6.61 Å². The van der Waals surface area contributed by atoms with Crippen LogP contribution in [-0.2, 0) is 9.53 Å². The highest BCUT2D eigenvalue weighted by Crippen LogP contribution is 2.15. The van der Waals surface area contributed by atoms with Crippen LogP contribution in [0.2, 0.25) is 0 Å². The number of carbonyl (C=O) groups excluding carboxylic acids is 1. The Kier molecular flexibility index (Phi) is 6.83. The number of ether oxygens (including phenoxy) is 1. The topological polar surface area (TPSA) is 53.0 Å². The van der Waals surface area contributed by atoms with Gasteiger partial charge in [-0.05, 0) is 12.0 Å². The van der Waals surface area contributed by atoms with E-state index in [9.17, 15) is 9.90 Å². The molecule has 1 N–H and O–H groups in total. The Morgan fingerprint density at radius 2 is 1.91 bits per heavy atom. The van der Waals surface area contributed by atoms with Crippen LogP contribution in [0.3, 0.4) is 0 Å². The average Bonchev–Trinajstić information content (AvgIpc) is 2.56. The van der Waals surface area contributed by atoms with Gasteiger partial charge in [-0.15, -0.1) is 0 Å². The maximum absolute atomic E-state index is 12.0. The highest BCUT2D eigenvalue weighted by atomic mass is 16.5. The van der Waals surface area contributed by atoms with Gasteiger partial charge in [0.25, 0.3) is 0 Å². The van der Waals surface area contributed by atoms with Crippen molar-refractivity contribution in [2.24, 2.45) is 0 Å². The Morgan fingerprint density at radius 1 is 1.23 bits per heavy atom. The number of amides is 1. The van der Waals surface area contributed by atoms with Crippen LogP contribution in [0.1, 0.15) is 25.0 Å². The summed E-state index contributed by atoms with van der Waals surface area (Å²) in [4.78, 5) is 16.0. The molecule has 1 aromatic carbocycles. The van der Waals surface area contributed by atoms with Crippen molar-refractivity contribution >= 4 is 5.91 Å². The van der Waals surface area contributed by atoms with Gasteiger partial charge in [0.2, 0.25) is 5.91 Å². The molecule has 0 unspecified atom stereocenters. The molecule has 1 amide bonds. The maximum Gasteiger partial charge on any atom is 0.248 e. The zero-order chi connectivity index (χ0) is 15.8. The Morgan fingerprint density at radius 3 is 2.55 bits per heavy atom. The Bertz CT molecular complexity index is 444. The standard InChI is InChI=1S/C17H26N2O3/c1-2-12-22-14-17(21)19-10-8-18(9-11-19)13-16(20)15-6-4-3-5-7-15/h3-7,16,20H,2,8-14H2,1H3/t16-/m0/s1. The Hall–Kier alpha value is -1.43. The molecule has 2 rings (SSSR count). The summed E-state index contributed by atoms with van der Waals surface area (Å²) in [6.07, 6.45) is 0.453. The first-order chi connectivity index (χ1) is 10.7. The van der Waals surface area contributed by atoms with Crippen molar-refractivity contribution < 1.29 is 14.6 Å². The summed E-state index contributed by atoms with van der Waals surface area (Å²) in [6, 6.07) is 9.70. The molecule has 1 aliphatic rings. The number of hydrogen-bond donors (Lipinski definition) is 1. The molecule has 1 fully saturated rings. The molecule has 0 saturated carbocycles. The number of carbonyl (C=O) groups is 1. The molecule has 0 aliphatic carbocycles. The van der Waals surface area contributed by atoms with Crippen molar-refractivity contribution in [3.63, 3.8) is 0 Å². The minimum absolute atomic E-state index is 0.0664. The van der Waals surface area contributed by atoms with Crippen LogP contribution in [0.5, 0.6) is 0 Å². The van der Waals surface area contributed by atoms with Crippen LogP contribution >= 0.6 is 0 Å². The molecule has 0 aromatic heterocycles. The second-order valence-corrected chi connectivity index (χ2v) is 5.66. The number of β-amino-alcohol motifs (C(OH)–C–C–N with tert-alkyl or cyclic N) is 1. The molecular formula is C17H26N2O3. The van der Waals surface area contributed by atoms with Crippen molar-refractivity contribution in [3.8, 4) is 0 Å². The van der Waals surface area contributed by atoms with Gasteiger partial charge < -0.3 is 14.7 Å². The molecule has 0 spiro atoms. The summed E-state index contributed by atoms with van der Waals surface area (Å²) in [5.74, 6) is 0.0664. The van der Waals surface area contributed by atoms with Gasteiger partial charge in [-0.2, -0.15) is 0 Å². The number of benzene rings is 1. The van der Waals surface area contributed by atoms with E-state index in [1.807, 2.05) is 42.2 Å². The quantitative estimate of drug-likeness (QED) is 0.771. The van der Waals surface area contributed by atoms with E-state index in [-0.39, 0.29) is 12.5 Å². The van der Waals surface area contributed by atoms with Gasteiger partial charge in [-0.3, -0.25) is 9.69 Å². The zero-order valence-electron chi connectivity index (χ0n) is 13.3. The summed E-state index contributed by atoms with van der Waals surface area (Å²) < 4.78 is 5.30. The first-order valence-corrected chi connectivity index (χ1v) is 8.01. The van der Waals surface area contributed by atoms with Crippen molar-refractivity contribution in [2.75, 3.05) is 45.9 Å². The molecule has 122 valence electrons. The third-order valence-electron chi connectivity index (χ3n) is 3.91. The first-order valence-electron chi connectivity index (χ1n) is 8.01. The van der Waals surface area contributed by atoms with E-state index in [2.05, 4.69) is 4.90 Å². The van der Waals surface area contributed by atoms with E-state index in [1.54, 1.807) is 0 Å². The largest absolute Gasteiger partial charge is 0.387 e. The van der Waals surface area contributed by atoms with Crippen LogP contribution < -0.4 is 0 Å². The van der Waals surface area contributed by atoms with E-state index in [0.29, 0.717) is 26.2 Å². The number of aliphatic hydroxyl groups is 1. The van der Waals surface area contributed by atoms with Gasteiger partial charge in [0.15, 0.2) is 0 Å². The van der Waals surface area contributed by atoms with Crippen LogP contribution in [0, 0.1) is 0 Å². The molecule has 1 heterocycles. The van der Waals surface area contributed by atoms with Crippen LogP contribution in [0.25, 0.3) is 0 Å². The molecule has 0 radical (unpaired) electrons. The van der Waals surface area contributed by atoms with Crippen LogP contribution in [0.4, 0.5) is 0 Å². The van der Waals surface area contributed by atoms with Gasteiger partial charge in [-0.25, -0.2) is 0 Å². The van der Waals surface area contributed by atoms with Crippen LogP contribution in [0.15, 0.2) is 30.3 Å². The molecule has 1 aromatic rings. The minimum atomic E-state index is -0.476. The molecule has 0 bridgehead atoms. The third-order valence-corrected chi connectivity index (χ3v) is 3.91. The van der Waals surface area contributed by atoms with Crippen molar-refractivity contribution in [2.45, 2.75) is 19.4 Å². The first kappa shape index (κ1) is 16.9. The summed E-state index contributed by atoms with van der Waals surface area (Å²) in [5, 5.41) is 10.2. The lowest BCUT2D eigenvalue weighted by Gasteiger charge is -2.35.